The van der Waals surface area contributed by atoms with Gasteiger partial charge in [-0.1, -0.05) is 93.5 Å². The lowest BCUT2D eigenvalue weighted by Gasteiger charge is -2.06. The third-order valence-corrected chi connectivity index (χ3v) is 8.54. The van der Waals surface area contributed by atoms with Crippen LogP contribution in [0.15, 0.2) is 115 Å². The highest BCUT2D eigenvalue weighted by Gasteiger charge is 2.29. The Morgan fingerprint density at radius 1 is 0.588 bits per heavy atom. The molecule has 6 heteroatoms. The van der Waals surface area contributed by atoms with Crippen LogP contribution in [0.1, 0.15) is 0 Å². The Hall–Kier alpha value is -3.79. The van der Waals surface area contributed by atoms with Crippen molar-refractivity contribution in [3.63, 3.8) is 0 Å². The number of phenolic OH excluding ortho intramolecular Hbond substituents is 2. The average molecular weight is 483 g/mol. The highest BCUT2D eigenvalue weighted by Crippen LogP contribution is 2.37. The molecule has 2 N–H and O–H groups in total. The maximum atomic E-state index is 9.59. The Morgan fingerprint density at radius 3 is 1.76 bits per heavy atom. The van der Waals surface area contributed by atoms with Crippen LogP contribution >= 0.6 is 8.58 Å². The third kappa shape index (κ3) is 5.06. The van der Waals surface area contributed by atoms with Gasteiger partial charge in [0.2, 0.25) is 0 Å². The van der Waals surface area contributed by atoms with Crippen molar-refractivity contribution in [2.75, 3.05) is 0 Å². The molecule has 1 unspecified atom stereocenters. The Kier molecular flexibility index (Phi) is 6.48. The molecule has 1 aliphatic rings. The van der Waals surface area contributed by atoms with Crippen LogP contribution in [-0.2, 0) is 0 Å². The standard InChI is InChI=1S/C16H12O2Si.C12H11O2P/c1-2-8-14(9-3-1)19-17-15-10-12-6-4-5-7-13(12)11-16(15)18-19;13-9-6-7-11(14)12(8-9)15-10-4-2-1-3-5-10/h1-11,19H;1-8,13-15H. The second-order valence-electron chi connectivity index (χ2n) is 7.82. The zero-order chi connectivity index (χ0) is 23.3. The van der Waals surface area contributed by atoms with Crippen LogP contribution in [0.4, 0.5) is 0 Å². The van der Waals surface area contributed by atoms with Crippen LogP contribution in [0.25, 0.3) is 10.8 Å². The fourth-order valence-electron chi connectivity index (χ4n) is 3.68. The predicted octanol–water partition coefficient (Wildman–Crippen LogP) is 4.47. The van der Waals surface area contributed by atoms with Crippen LogP contribution in [0.2, 0.25) is 0 Å². The quantitative estimate of drug-likeness (QED) is 0.226. The van der Waals surface area contributed by atoms with Crippen molar-refractivity contribution in [1.82, 2.24) is 0 Å². The topological polar surface area (TPSA) is 58.9 Å². The summed E-state index contributed by atoms with van der Waals surface area (Å²) in [5.41, 5.74) is 0. The molecule has 1 heterocycles. The van der Waals surface area contributed by atoms with Gasteiger partial charge in [0.05, 0.1) is 0 Å². The van der Waals surface area contributed by atoms with E-state index in [9.17, 15) is 10.2 Å². The van der Waals surface area contributed by atoms with Crippen molar-refractivity contribution in [2.24, 2.45) is 0 Å². The Bertz CT molecular complexity index is 1370. The molecule has 0 aliphatic carbocycles. The zero-order valence-corrected chi connectivity index (χ0v) is 20.4. The minimum atomic E-state index is -1.82. The maximum absolute atomic E-state index is 9.59. The Labute approximate surface area is 201 Å². The van der Waals surface area contributed by atoms with Crippen molar-refractivity contribution >= 4 is 44.4 Å². The first-order valence-electron chi connectivity index (χ1n) is 10.9. The molecule has 1 atom stereocenters. The van der Waals surface area contributed by atoms with E-state index in [0.29, 0.717) is 8.58 Å². The Morgan fingerprint density at radius 2 is 1.15 bits per heavy atom. The van der Waals surface area contributed by atoms with Gasteiger partial charge in [-0.05, 0) is 46.4 Å². The molecule has 6 rings (SSSR count). The summed E-state index contributed by atoms with van der Waals surface area (Å²) in [6, 6.07) is 37.1. The summed E-state index contributed by atoms with van der Waals surface area (Å²) in [5, 5.41) is 24.3. The molecule has 0 saturated heterocycles. The smallest absolute Gasteiger partial charge is 0.479 e. The van der Waals surface area contributed by atoms with Crippen LogP contribution < -0.4 is 24.6 Å². The third-order valence-electron chi connectivity index (χ3n) is 5.38. The van der Waals surface area contributed by atoms with E-state index in [2.05, 4.69) is 36.4 Å². The lowest BCUT2D eigenvalue weighted by Crippen LogP contribution is -2.38. The van der Waals surface area contributed by atoms with Gasteiger partial charge in [0.25, 0.3) is 0 Å². The molecule has 34 heavy (non-hydrogen) atoms. The minimum absolute atomic E-state index is 0.186. The van der Waals surface area contributed by atoms with Crippen LogP contribution in [0.5, 0.6) is 23.0 Å². The largest absolute Gasteiger partial charge is 0.508 e. The molecule has 5 aromatic carbocycles. The van der Waals surface area contributed by atoms with E-state index in [1.54, 1.807) is 6.07 Å². The predicted molar refractivity (Wildman–Crippen MR) is 142 cm³/mol. The number of aromatic hydroxyl groups is 2. The fraction of sp³-hybridized carbons (Fsp3) is 0. The summed E-state index contributed by atoms with van der Waals surface area (Å²) in [5.74, 6) is 2.17. The second kappa shape index (κ2) is 10.00. The highest BCUT2D eigenvalue weighted by atomic mass is 31.1. The molecule has 0 bridgehead atoms. The monoisotopic (exact) mass is 482 g/mol. The molecule has 0 radical (unpaired) electrons. The normalized spacial score (nSPS) is 12.6. The van der Waals surface area contributed by atoms with Gasteiger partial charge in [-0.15, -0.1) is 0 Å². The van der Waals surface area contributed by atoms with Gasteiger partial charge in [-0.3, -0.25) is 0 Å². The van der Waals surface area contributed by atoms with E-state index in [-0.39, 0.29) is 11.5 Å². The summed E-state index contributed by atoms with van der Waals surface area (Å²) >= 11 is 0. The SMILES string of the molecule is Oc1ccc(O)c(Pc2ccccc2)c1.c1ccc([SiH]2Oc3cc4ccccc4cc3O2)cc1. The van der Waals surface area contributed by atoms with Gasteiger partial charge in [0.15, 0.2) is 0 Å². The Balaban J connectivity index is 0.000000146. The van der Waals surface area contributed by atoms with Gasteiger partial charge in [0.1, 0.15) is 23.0 Å². The van der Waals surface area contributed by atoms with E-state index >= 15 is 0 Å². The molecule has 0 aromatic heterocycles. The lowest BCUT2D eigenvalue weighted by molar-refractivity contribution is 0.464. The summed E-state index contributed by atoms with van der Waals surface area (Å²) < 4.78 is 12.0. The molecular weight excluding hydrogens is 459 g/mol. The molecule has 0 saturated carbocycles. The van der Waals surface area contributed by atoms with Gasteiger partial charge in [0, 0.05) is 10.5 Å². The molecule has 1 aliphatic heterocycles. The van der Waals surface area contributed by atoms with E-state index in [1.165, 1.54) is 28.1 Å². The molecule has 4 nitrogen and oxygen atoms in total. The summed E-state index contributed by atoms with van der Waals surface area (Å²) in [6.45, 7) is 0. The molecule has 168 valence electrons. The summed E-state index contributed by atoms with van der Waals surface area (Å²) in [6.07, 6.45) is 0. The summed E-state index contributed by atoms with van der Waals surface area (Å²) in [7, 11) is -1.46. The van der Waals surface area contributed by atoms with Gasteiger partial charge in [-0.25, -0.2) is 0 Å². The van der Waals surface area contributed by atoms with Gasteiger partial charge < -0.3 is 19.1 Å². The molecular formula is C28H23O4PSi. The van der Waals surface area contributed by atoms with Crippen molar-refractivity contribution in [1.29, 1.82) is 0 Å². The number of rotatable bonds is 3. The van der Waals surface area contributed by atoms with Crippen molar-refractivity contribution in [3.8, 4) is 23.0 Å². The molecule has 5 aromatic rings. The highest BCUT2D eigenvalue weighted by molar-refractivity contribution is 7.55. The van der Waals surface area contributed by atoms with E-state index < -0.39 is 9.28 Å². The first-order chi connectivity index (χ1) is 16.7. The van der Waals surface area contributed by atoms with E-state index in [1.807, 2.05) is 60.7 Å². The van der Waals surface area contributed by atoms with Crippen molar-refractivity contribution < 1.29 is 19.1 Å². The molecule has 0 fully saturated rings. The van der Waals surface area contributed by atoms with Gasteiger partial charge in [-0.2, -0.15) is 0 Å². The van der Waals surface area contributed by atoms with Crippen LogP contribution in [-0.4, -0.2) is 19.5 Å². The number of hydrogen-bond donors (Lipinski definition) is 2. The maximum Gasteiger partial charge on any atom is 0.479 e. The molecule has 0 amide bonds. The van der Waals surface area contributed by atoms with Gasteiger partial charge >= 0.3 is 9.28 Å². The first-order valence-corrected chi connectivity index (χ1v) is 13.4. The first kappa shape index (κ1) is 22.0. The van der Waals surface area contributed by atoms with Crippen molar-refractivity contribution in [2.45, 2.75) is 0 Å². The zero-order valence-electron chi connectivity index (χ0n) is 18.3. The van der Waals surface area contributed by atoms with Crippen molar-refractivity contribution in [3.05, 3.63) is 115 Å². The second-order valence-corrected chi connectivity index (χ2v) is 11.0. The fourth-order valence-corrected chi connectivity index (χ4v) is 6.47. The molecule has 0 spiro atoms. The number of fused-ring (bicyclic) bond motifs is 2. The summed E-state index contributed by atoms with van der Waals surface area (Å²) in [4.78, 5) is 0. The number of phenols is 2. The number of benzene rings is 5. The number of hydrogen-bond acceptors (Lipinski definition) is 4. The minimum Gasteiger partial charge on any atom is -0.508 e. The van der Waals surface area contributed by atoms with Crippen LogP contribution in [0.3, 0.4) is 0 Å². The average Bonchev–Trinajstić information content (AvgIpc) is 3.29. The lowest BCUT2D eigenvalue weighted by atomic mass is 10.1. The van der Waals surface area contributed by atoms with E-state index in [4.69, 9.17) is 8.85 Å². The van der Waals surface area contributed by atoms with Crippen LogP contribution in [0, 0.1) is 0 Å². The van der Waals surface area contributed by atoms with E-state index in [0.717, 1.165) is 22.1 Å².